The van der Waals surface area contributed by atoms with Gasteiger partial charge in [0.25, 0.3) is 0 Å². The number of unbranched alkanes of at least 4 members (excludes halogenated alkanes) is 54. The Labute approximate surface area is 488 Å². The Kier molecular flexibility index (Phi) is 66.4. The van der Waals surface area contributed by atoms with Crippen molar-refractivity contribution >= 4 is 11.9 Å². The van der Waals surface area contributed by atoms with Crippen LogP contribution in [0.15, 0.2) is 24.3 Å². The molecule has 0 aromatic rings. The van der Waals surface area contributed by atoms with E-state index in [0.717, 1.165) is 38.5 Å². The van der Waals surface area contributed by atoms with Crippen molar-refractivity contribution < 1.29 is 24.5 Å². The second kappa shape index (κ2) is 67.8. The summed E-state index contributed by atoms with van der Waals surface area (Å²) in [6.07, 6.45) is 85.4. The minimum Gasteiger partial charge on any atom is -0.466 e. The van der Waals surface area contributed by atoms with Crippen molar-refractivity contribution in [2.45, 2.75) is 411 Å². The average Bonchev–Trinajstić information content (AvgIpc) is 3.44. The number of carbonyl (C=O) groups is 2. The van der Waals surface area contributed by atoms with Crippen LogP contribution in [0.3, 0.4) is 0 Å². The molecule has 2 atom stereocenters. The lowest BCUT2D eigenvalue weighted by atomic mass is 10.0. The molecule has 6 heteroatoms. The second-order valence-corrected chi connectivity index (χ2v) is 24.6. The zero-order valence-electron chi connectivity index (χ0n) is 52.9. The van der Waals surface area contributed by atoms with Gasteiger partial charge in [-0.2, -0.15) is 0 Å². The Balaban J connectivity index is 3.41. The van der Waals surface area contributed by atoms with E-state index in [1.54, 1.807) is 6.08 Å². The summed E-state index contributed by atoms with van der Waals surface area (Å²) < 4.78 is 5.49. The Bertz CT molecular complexity index is 1220. The quantitative estimate of drug-likeness (QED) is 0.0320. The van der Waals surface area contributed by atoms with Gasteiger partial charge >= 0.3 is 5.97 Å². The Hall–Kier alpha value is -1.66. The van der Waals surface area contributed by atoms with E-state index in [2.05, 4.69) is 31.3 Å². The van der Waals surface area contributed by atoms with Gasteiger partial charge in [-0.3, -0.25) is 9.59 Å². The first kappa shape index (κ1) is 76.3. The Morgan fingerprint density at radius 3 is 0.910 bits per heavy atom. The van der Waals surface area contributed by atoms with E-state index in [9.17, 15) is 19.8 Å². The normalized spacial score (nSPS) is 12.6. The Morgan fingerprint density at radius 1 is 0.346 bits per heavy atom. The lowest BCUT2D eigenvalue weighted by molar-refractivity contribution is -0.143. The molecule has 0 saturated heterocycles. The van der Waals surface area contributed by atoms with Crippen LogP contribution in [0, 0.1) is 0 Å². The van der Waals surface area contributed by atoms with Gasteiger partial charge in [-0.15, -0.1) is 0 Å². The largest absolute Gasteiger partial charge is 0.466 e. The lowest BCUT2D eigenvalue weighted by Crippen LogP contribution is -2.45. The number of hydrogen-bond acceptors (Lipinski definition) is 5. The van der Waals surface area contributed by atoms with Crippen molar-refractivity contribution in [3.63, 3.8) is 0 Å². The highest BCUT2D eigenvalue weighted by atomic mass is 16.5. The fraction of sp³-hybridized carbons (Fsp3) is 0.917. The van der Waals surface area contributed by atoms with E-state index < -0.39 is 12.1 Å². The summed E-state index contributed by atoms with van der Waals surface area (Å²) >= 11 is 0. The van der Waals surface area contributed by atoms with Crippen molar-refractivity contribution in [3.8, 4) is 0 Å². The molecule has 0 saturated carbocycles. The summed E-state index contributed by atoms with van der Waals surface area (Å²) in [7, 11) is 0. The highest BCUT2D eigenvalue weighted by Crippen LogP contribution is 2.19. The van der Waals surface area contributed by atoms with E-state index >= 15 is 0 Å². The van der Waals surface area contributed by atoms with Gasteiger partial charge in [0.15, 0.2) is 0 Å². The zero-order chi connectivity index (χ0) is 56.4. The monoisotopic (exact) mass is 1100 g/mol. The predicted octanol–water partition coefficient (Wildman–Crippen LogP) is 22.9. The van der Waals surface area contributed by atoms with Crippen LogP contribution >= 0.6 is 0 Å². The van der Waals surface area contributed by atoms with E-state index in [-0.39, 0.29) is 18.5 Å². The molecule has 0 aromatic heterocycles. The smallest absolute Gasteiger partial charge is 0.305 e. The SMILES string of the molecule is CCCCCCCCCCCCCCCCCCCCC/C=C/C(O)C(CO)NC(=O)CCCCCCCCCCCC/C=C\CCCCCCCCCCCCCCOC(=O)CCCCCCCCCCCCCCCC. The van der Waals surface area contributed by atoms with Crippen LogP contribution in [-0.4, -0.2) is 47.4 Å². The molecule has 0 aliphatic carbocycles. The van der Waals surface area contributed by atoms with E-state index in [4.69, 9.17) is 4.74 Å². The minimum absolute atomic E-state index is 0.0169. The number of esters is 1. The molecule has 0 rings (SSSR count). The van der Waals surface area contributed by atoms with E-state index in [1.165, 1.54) is 334 Å². The van der Waals surface area contributed by atoms with Crippen LogP contribution in [0.4, 0.5) is 0 Å². The third-order valence-corrected chi connectivity index (χ3v) is 16.7. The van der Waals surface area contributed by atoms with Gasteiger partial charge in [0, 0.05) is 12.8 Å². The molecule has 462 valence electrons. The Morgan fingerprint density at radius 2 is 0.603 bits per heavy atom. The molecule has 0 radical (unpaired) electrons. The van der Waals surface area contributed by atoms with Crippen molar-refractivity contribution in [2.75, 3.05) is 13.2 Å². The molecule has 0 aromatic carbocycles. The summed E-state index contributed by atoms with van der Waals surface area (Å²) in [6.45, 7) is 4.95. The van der Waals surface area contributed by atoms with Crippen molar-refractivity contribution in [3.05, 3.63) is 24.3 Å². The van der Waals surface area contributed by atoms with Gasteiger partial charge in [0.05, 0.1) is 25.4 Å². The number of nitrogens with one attached hydrogen (secondary N) is 1. The predicted molar refractivity (Wildman–Crippen MR) is 343 cm³/mol. The van der Waals surface area contributed by atoms with Crippen LogP contribution in [-0.2, 0) is 14.3 Å². The van der Waals surface area contributed by atoms with Crippen LogP contribution in [0.2, 0.25) is 0 Å². The van der Waals surface area contributed by atoms with E-state index in [1.807, 2.05) is 6.08 Å². The van der Waals surface area contributed by atoms with Gasteiger partial charge in [0.1, 0.15) is 0 Å². The number of rotatable bonds is 67. The summed E-state index contributed by atoms with van der Waals surface area (Å²) in [5.74, 6) is -0.0488. The summed E-state index contributed by atoms with van der Waals surface area (Å²) in [5.41, 5.74) is 0. The van der Waals surface area contributed by atoms with Crippen LogP contribution in [0.1, 0.15) is 399 Å². The molecule has 3 N–H and O–H groups in total. The first-order valence-corrected chi connectivity index (χ1v) is 35.6. The molecule has 2 unspecified atom stereocenters. The number of hydrogen-bond donors (Lipinski definition) is 3. The highest BCUT2D eigenvalue weighted by molar-refractivity contribution is 5.76. The maximum atomic E-state index is 12.5. The maximum Gasteiger partial charge on any atom is 0.305 e. The number of ether oxygens (including phenoxy) is 1. The molecular weight excluding hydrogens is 959 g/mol. The summed E-state index contributed by atoms with van der Waals surface area (Å²) in [4.78, 5) is 24.6. The van der Waals surface area contributed by atoms with E-state index in [0.29, 0.717) is 19.4 Å². The van der Waals surface area contributed by atoms with Gasteiger partial charge in [-0.05, 0) is 57.8 Å². The number of allylic oxidation sites excluding steroid dienone is 3. The highest BCUT2D eigenvalue weighted by Gasteiger charge is 2.18. The second-order valence-electron chi connectivity index (χ2n) is 24.6. The number of amides is 1. The molecule has 0 aliphatic heterocycles. The summed E-state index contributed by atoms with van der Waals surface area (Å²) in [5, 5.41) is 23.2. The van der Waals surface area contributed by atoms with Gasteiger partial charge in [-0.25, -0.2) is 0 Å². The first-order valence-electron chi connectivity index (χ1n) is 35.6. The average molecular weight is 1100 g/mol. The minimum atomic E-state index is -0.846. The molecule has 0 heterocycles. The molecule has 0 bridgehead atoms. The standard InChI is InChI=1S/C72H139NO5/c1-3-5-7-9-11-13-15-17-19-20-21-28-31-34-37-40-44-48-52-56-60-64-70(75)69(68-74)73-71(76)65-61-57-53-49-45-41-38-35-32-29-26-24-22-23-25-27-30-33-36-39-43-47-51-55-59-63-67-78-72(77)66-62-58-54-50-46-42-18-16-14-12-10-8-6-4-2/h22,24,60,64,69-70,74-75H,3-21,23,25-59,61-63,65-68H2,1-2H3,(H,73,76)/b24-22-,64-60+. The van der Waals surface area contributed by atoms with Crippen LogP contribution < -0.4 is 5.32 Å². The van der Waals surface area contributed by atoms with Gasteiger partial charge < -0.3 is 20.3 Å². The molecular formula is C72H139NO5. The van der Waals surface area contributed by atoms with Gasteiger partial charge in [0.2, 0.25) is 5.91 Å². The van der Waals surface area contributed by atoms with Crippen molar-refractivity contribution in [2.24, 2.45) is 0 Å². The number of aliphatic hydroxyl groups is 2. The number of carbonyl (C=O) groups excluding carboxylic acids is 2. The molecule has 78 heavy (non-hydrogen) atoms. The first-order chi connectivity index (χ1) is 38.5. The maximum absolute atomic E-state index is 12.5. The zero-order valence-corrected chi connectivity index (χ0v) is 52.9. The molecule has 0 aliphatic rings. The number of aliphatic hydroxyl groups excluding tert-OH is 2. The topological polar surface area (TPSA) is 95.9 Å². The van der Waals surface area contributed by atoms with Crippen molar-refractivity contribution in [1.82, 2.24) is 5.32 Å². The fourth-order valence-electron chi connectivity index (χ4n) is 11.3. The molecule has 0 fully saturated rings. The summed E-state index contributed by atoms with van der Waals surface area (Å²) in [6, 6.07) is -0.630. The van der Waals surface area contributed by atoms with Crippen molar-refractivity contribution in [1.29, 1.82) is 0 Å². The molecule has 1 amide bonds. The van der Waals surface area contributed by atoms with Crippen LogP contribution in [0.25, 0.3) is 0 Å². The third kappa shape index (κ3) is 63.5. The third-order valence-electron chi connectivity index (χ3n) is 16.7. The van der Waals surface area contributed by atoms with Gasteiger partial charge in [-0.1, -0.05) is 353 Å². The molecule has 6 nitrogen and oxygen atoms in total. The van der Waals surface area contributed by atoms with Crippen LogP contribution in [0.5, 0.6) is 0 Å². The molecule has 0 spiro atoms. The fourth-order valence-corrected chi connectivity index (χ4v) is 11.3. The lowest BCUT2D eigenvalue weighted by Gasteiger charge is -2.20.